The molecule has 2 nitrogen and oxygen atoms in total. The lowest BCUT2D eigenvalue weighted by atomic mass is 9.86. The van der Waals surface area contributed by atoms with E-state index in [1.165, 1.54) is 19.3 Å². The van der Waals surface area contributed by atoms with Crippen molar-refractivity contribution in [1.82, 2.24) is 4.90 Å². The molecule has 1 aromatic rings. The topological polar surface area (TPSA) is 29.3 Å². The van der Waals surface area contributed by atoms with Gasteiger partial charge in [0.2, 0.25) is 0 Å². The van der Waals surface area contributed by atoms with Crippen LogP contribution in [-0.2, 0) is 0 Å². The Bertz CT molecular complexity index is 440. The summed E-state index contributed by atoms with van der Waals surface area (Å²) in [5.41, 5.74) is 7.45. The molecule has 106 valence electrons. The molecule has 0 aromatic heterocycles. The maximum Gasteiger partial charge on any atom is 0.0595 e. The molecule has 0 saturated carbocycles. The summed E-state index contributed by atoms with van der Waals surface area (Å²) in [4.78, 5) is 2.49. The average Bonchev–Trinajstić information content (AvgIpc) is 2.42. The first-order valence-electron chi connectivity index (χ1n) is 6.88. The lowest BCUT2D eigenvalue weighted by molar-refractivity contribution is 0.0730. The normalized spacial score (nSPS) is 19.4. The van der Waals surface area contributed by atoms with Gasteiger partial charge in [0.25, 0.3) is 0 Å². The fourth-order valence-corrected chi connectivity index (χ4v) is 3.09. The van der Waals surface area contributed by atoms with Crippen molar-refractivity contribution in [3.63, 3.8) is 0 Å². The van der Waals surface area contributed by atoms with Gasteiger partial charge in [-0.2, -0.15) is 0 Å². The zero-order chi connectivity index (χ0) is 14.0. The molecular formula is C15H22Cl2N2. The van der Waals surface area contributed by atoms with Gasteiger partial charge in [-0.1, -0.05) is 35.7 Å². The van der Waals surface area contributed by atoms with Gasteiger partial charge in [0, 0.05) is 11.6 Å². The van der Waals surface area contributed by atoms with Gasteiger partial charge in [0.1, 0.15) is 0 Å². The average molecular weight is 301 g/mol. The fourth-order valence-electron chi connectivity index (χ4n) is 2.78. The number of hydrogen-bond acceptors (Lipinski definition) is 2. The van der Waals surface area contributed by atoms with Gasteiger partial charge in [-0.15, -0.1) is 0 Å². The molecule has 2 N–H and O–H groups in total. The lowest BCUT2D eigenvalue weighted by Gasteiger charge is -2.44. The summed E-state index contributed by atoms with van der Waals surface area (Å²) in [6.45, 7) is 6.68. The van der Waals surface area contributed by atoms with Gasteiger partial charge in [-0.05, 0) is 57.5 Å². The second kappa shape index (κ2) is 6.01. The number of hydrogen-bond donors (Lipinski definition) is 1. The summed E-state index contributed by atoms with van der Waals surface area (Å²) in [6.07, 6.45) is 3.85. The number of rotatable bonds is 3. The number of nitrogens with two attached hydrogens (primary N) is 1. The maximum absolute atomic E-state index is 6.48. The molecule has 1 fully saturated rings. The second-order valence-corrected chi connectivity index (χ2v) is 6.67. The molecule has 1 heterocycles. The Morgan fingerprint density at radius 1 is 1.11 bits per heavy atom. The predicted molar refractivity (Wildman–Crippen MR) is 82.9 cm³/mol. The highest BCUT2D eigenvalue weighted by Crippen LogP contribution is 2.33. The minimum atomic E-state index is -0.0718. The first kappa shape index (κ1) is 15.1. The Hall–Kier alpha value is -0.280. The number of benzene rings is 1. The van der Waals surface area contributed by atoms with Crippen molar-refractivity contribution in [2.24, 2.45) is 5.73 Å². The van der Waals surface area contributed by atoms with Crippen molar-refractivity contribution < 1.29 is 0 Å². The van der Waals surface area contributed by atoms with Crippen LogP contribution in [0, 0.1) is 0 Å². The number of likely N-dealkylation sites (tertiary alicyclic amines) is 1. The predicted octanol–water partition coefficient (Wildman–Crippen LogP) is 4.26. The van der Waals surface area contributed by atoms with Crippen LogP contribution < -0.4 is 5.73 Å². The molecule has 1 atom stereocenters. The van der Waals surface area contributed by atoms with Gasteiger partial charge < -0.3 is 5.73 Å². The molecule has 0 aliphatic carbocycles. The van der Waals surface area contributed by atoms with Crippen LogP contribution in [-0.4, -0.2) is 23.5 Å². The second-order valence-electron chi connectivity index (χ2n) is 5.85. The smallest absolute Gasteiger partial charge is 0.0595 e. The van der Waals surface area contributed by atoms with E-state index in [4.69, 9.17) is 28.9 Å². The Morgan fingerprint density at radius 2 is 1.74 bits per heavy atom. The third-order valence-corrected chi connectivity index (χ3v) is 4.97. The molecule has 0 amide bonds. The Balaban J connectivity index is 2.20. The van der Waals surface area contributed by atoms with E-state index >= 15 is 0 Å². The highest BCUT2D eigenvalue weighted by Gasteiger charge is 2.34. The van der Waals surface area contributed by atoms with Crippen LogP contribution in [0.25, 0.3) is 0 Å². The van der Waals surface area contributed by atoms with E-state index in [-0.39, 0.29) is 11.6 Å². The monoisotopic (exact) mass is 300 g/mol. The summed E-state index contributed by atoms with van der Waals surface area (Å²) >= 11 is 12.1. The van der Waals surface area contributed by atoms with Gasteiger partial charge in [-0.3, -0.25) is 4.90 Å². The molecule has 0 spiro atoms. The van der Waals surface area contributed by atoms with E-state index in [0.29, 0.717) is 10.0 Å². The van der Waals surface area contributed by atoms with Crippen LogP contribution in [0.3, 0.4) is 0 Å². The molecule has 0 radical (unpaired) electrons. The third kappa shape index (κ3) is 3.25. The zero-order valence-corrected chi connectivity index (χ0v) is 13.1. The van der Waals surface area contributed by atoms with E-state index in [1.54, 1.807) is 0 Å². The summed E-state index contributed by atoms with van der Waals surface area (Å²) in [6, 6.07) is 5.62. The number of piperidine rings is 1. The van der Waals surface area contributed by atoms with Gasteiger partial charge in [0.05, 0.1) is 10.0 Å². The molecule has 0 bridgehead atoms. The zero-order valence-electron chi connectivity index (χ0n) is 11.6. The largest absolute Gasteiger partial charge is 0.322 e. The van der Waals surface area contributed by atoms with Crippen LogP contribution in [0.4, 0.5) is 0 Å². The SMILES string of the molecule is CC(C)(C(N)c1ccc(Cl)c(Cl)c1)N1CCCCC1. The summed E-state index contributed by atoms with van der Waals surface area (Å²) in [5.74, 6) is 0. The third-order valence-electron chi connectivity index (χ3n) is 4.23. The molecule has 4 heteroatoms. The number of nitrogens with zero attached hydrogens (tertiary/aromatic N) is 1. The van der Waals surface area contributed by atoms with Gasteiger partial charge in [-0.25, -0.2) is 0 Å². The first-order chi connectivity index (χ1) is 8.93. The summed E-state index contributed by atoms with van der Waals surface area (Å²) in [7, 11) is 0. The minimum absolute atomic E-state index is 0.0691. The van der Waals surface area contributed by atoms with Crippen LogP contribution in [0.5, 0.6) is 0 Å². The Labute approximate surface area is 125 Å². The van der Waals surface area contributed by atoms with Crippen LogP contribution in [0.2, 0.25) is 10.0 Å². The van der Waals surface area contributed by atoms with E-state index in [9.17, 15) is 0 Å². The van der Waals surface area contributed by atoms with E-state index in [0.717, 1.165) is 18.7 Å². The molecule has 1 aliphatic rings. The molecule has 2 rings (SSSR count). The highest BCUT2D eigenvalue weighted by atomic mass is 35.5. The van der Waals surface area contributed by atoms with Crippen molar-refractivity contribution in [2.75, 3.05) is 13.1 Å². The molecular weight excluding hydrogens is 279 g/mol. The van der Waals surface area contributed by atoms with Crippen molar-refractivity contribution in [3.8, 4) is 0 Å². The Morgan fingerprint density at radius 3 is 2.32 bits per heavy atom. The van der Waals surface area contributed by atoms with Crippen molar-refractivity contribution >= 4 is 23.2 Å². The van der Waals surface area contributed by atoms with Gasteiger partial charge >= 0.3 is 0 Å². The quantitative estimate of drug-likeness (QED) is 0.904. The molecule has 1 aromatic carbocycles. The lowest BCUT2D eigenvalue weighted by Crippen LogP contribution is -2.53. The molecule has 1 saturated heterocycles. The minimum Gasteiger partial charge on any atom is -0.322 e. The van der Waals surface area contributed by atoms with Crippen LogP contribution >= 0.6 is 23.2 Å². The fraction of sp³-hybridized carbons (Fsp3) is 0.600. The molecule has 1 aliphatic heterocycles. The standard InChI is InChI=1S/C15H22Cl2N2/c1-15(2,19-8-4-3-5-9-19)14(18)11-6-7-12(16)13(17)10-11/h6-7,10,14H,3-5,8-9,18H2,1-2H3. The van der Waals surface area contributed by atoms with Crippen molar-refractivity contribution in [3.05, 3.63) is 33.8 Å². The maximum atomic E-state index is 6.48. The van der Waals surface area contributed by atoms with E-state index in [1.807, 2.05) is 18.2 Å². The first-order valence-corrected chi connectivity index (χ1v) is 7.64. The molecule has 1 unspecified atom stereocenters. The highest BCUT2D eigenvalue weighted by molar-refractivity contribution is 6.42. The van der Waals surface area contributed by atoms with Crippen LogP contribution in [0.1, 0.15) is 44.7 Å². The summed E-state index contributed by atoms with van der Waals surface area (Å²) < 4.78 is 0. The van der Waals surface area contributed by atoms with Crippen molar-refractivity contribution in [2.45, 2.75) is 44.7 Å². The molecule has 19 heavy (non-hydrogen) atoms. The van der Waals surface area contributed by atoms with Crippen LogP contribution in [0.15, 0.2) is 18.2 Å². The Kier molecular flexibility index (Phi) is 4.78. The van der Waals surface area contributed by atoms with Crippen molar-refractivity contribution in [1.29, 1.82) is 0 Å². The van der Waals surface area contributed by atoms with E-state index in [2.05, 4.69) is 18.7 Å². The van der Waals surface area contributed by atoms with E-state index < -0.39 is 0 Å². The number of halogens is 2. The van der Waals surface area contributed by atoms with Gasteiger partial charge in [0.15, 0.2) is 0 Å². The summed E-state index contributed by atoms with van der Waals surface area (Å²) in [5, 5.41) is 1.15.